The second-order valence-electron chi connectivity index (χ2n) is 2.72. The van der Waals surface area contributed by atoms with Gasteiger partial charge in [0.05, 0.1) is 6.61 Å². The van der Waals surface area contributed by atoms with E-state index in [2.05, 4.69) is 20.1 Å². The third-order valence-electron chi connectivity index (χ3n) is 1.34. The Bertz CT molecular complexity index is 263. The van der Waals surface area contributed by atoms with Gasteiger partial charge in [0.25, 0.3) is 0 Å². The first kappa shape index (κ1) is 14.5. The quantitative estimate of drug-likeness (QED) is 0.315. The molecule has 0 heterocycles. The molecule has 0 radical (unpaired) electrons. The first-order valence-electron chi connectivity index (χ1n) is 4.38. The van der Waals surface area contributed by atoms with Crippen LogP contribution in [0.5, 0.6) is 0 Å². The van der Waals surface area contributed by atoms with Gasteiger partial charge in [0.15, 0.2) is 0 Å². The SMILES string of the molecule is [N-]=[N+]=NCCNC(=O)CCOCC(F)(F)F. The molecule has 0 aromatic carbocycles. The van der Waals surface area contributed by atoms with Crippen LogP contribution in [-0.4, -0.2) is 38.4 Å². The van der Waals surface area contributed by atoms with Gasteiger partial charge in [0.2, 0.25) is 5.91 Å². The van der Waals surface area contributed by atoms with E-state index in [9.17, 15) is 18.0 Å². The predicted molar refractivity (Wildman–Crippen MR) is 48.5 cm³/mol. The van der Waals surface area contributed by atoms with Crippen molar-refractivity contribution in [1.29, 1.82) is 0 Å². The number of amides is 1. The molecule has 0 saturated heterocycles. The summed E-state index contributed by atoms with van der Waals surface area (Å²) in [6.45, 7) is -1.40. The molecule has 0 spiro atoms. The van der Waals surface area contributed by atoms with E-state index in [1.54, 1.807) is 0 Å². The highest BCUT2D eigenvalue weighted by Crippen LogP contribution is 2.14. The van der Waals surface area contributed by atoms with E-state index in [-0.39, 0.29) is 26.1 Å². The molecule has 0 bridgehead atoms. The Morgan fingerprint density at radius 2 is 2.19 bits per heavy atom. The van der Waals surface area contributed by atoms with E-state index in [0.717, 1.165) is 0 Å². The summed E-state index contributed by atoms with van der Waals surface area (Å²) in [5, 5.41) is 5.51. The molecule has 0 fully saturated rings. The summed E-state index contributed by atoms with van der Waals surface area (Å²) in [5.74, 6) is -0.449. The lowest BCUT2D eigenvalue weighted by Gasteiger charge is -2.07. The zero-order valence-electron chi connectivity index (χ0n) is 8.33. The summed E-state index contributed by atoms with van der Waals surface area (Å²) in [5.41, 5.74) is 7.90. The van der Waals surface area contributed by atoms with Gasteiger partial charge in [-0.15, -0.1) is 0 Å². The summed E-state index contributed by atoms with van der Waals surface area (Å²) in [4.78, 5) is 13.4. The molecule has 0 saturated carbocycles. The minimum atomic E-state index is -4.38. The fourth-order valence-electron chi connectivity index (χ4n) is 0.731. The van der Waals surface area contributed by atoms with Crippen LogP contribution in [0.1, 0.15) is 6.42 Å². The second-order valence-corrected chi connectivity index (χ2v) is 2.72. The average molecular weight is 240 g/mol. The fourth-order valence-corrected chi connectivity index (χ4v) is 0.731. The van der Waals surface area contributed by atoms with Crippen molar-refractivity contribution < 1.29 is 22.7 Å². The second kappa shape index (κ2) is 7.77. The molecule has 0 unspecified atom stereocenters. The van der Waals surface area contributed by atoms with Crippen molar-refractivity contribution in [3.8, 4) is 0 Å². The van der Waals surface area contributed by atoms with Gasteiger partial charge >= 0.3 is 6.18 Å². The Labute approximate surface area is 89.4 Å². The molecule has 16 heavy (non-hydrogen) atoms. The van der Waals surface area contributed by atoms with Crippen molar-refractivity contribution >= 4 is 5.91 Å². The summed E-state index contributed by atoms with van der Waals surface area (Å²) >= 11 is 0. The van der Waals surface area contributed by atoms with Gasteiger partial charge in [-0.25, -0.2) is 0 Å². The summed E-state index contributed by atoms with van der Waals surface area (Å²) in [7, 11) is 0. The molecule has 0 aromatic rings. The van der Waals surface area contributed by atoms with Crippen molar-refractivity contribution in [3.63, 3.8) is 0 Å². The van der Waals surface area contributed by atoms with Crippen LogP contribution in [0.15, 0.2) is 5.11 Å². The Balaban J connectivity index is 3.40. The number of carbonyl (C=O) groups excluding carboxylic acids is 1. The molecule has 0 aromatic heterocycles. The molecule has 0 aliphatic heterocycles. The van der Waals surface area contributed by atoms with E-state index < -0.39 is 18.7 Å². The highest BCUT2D eigenvalue weighted by Gasteiger charge is 2.27. The highest BCUT2D eigenvalue weighted by molar-refractivity contribution is 5.75. The zero-order chi connectivity index (χ0) is 12.4. The van der Waals surface area contributed by atoms with Crippen molar-refractivity contribution in [2.75, 3.05) is 26.3 Å². The number of carbonyl (C=O) groups is 1. The Morgan fingerprint density at radius 3 is 2.75 bits per heavy atom. The van der Waals surface area contributed by atoms with Gasteiger partial charge in [-0.05, 0) is 5.53 Å². The standard InChI is InChI=1S/C7H11F3N4O2/c8-7(9,10)5-16-4-1-6(15)12-2-3-13-14-11/h1-5H2,(H,12,15). The maximum absolute atomic E-state index is 11.6. The van der Waals surface area contributed by atoms with Gasteiger partial charge in [0, 0.05) is 24.4 Å². The van der Waals surface area contributed by atoms with Crippen LogP contribution in [0.2, 0.25) is 0 Å². The van der Waals surface area contributed by atoms with Gasteiger partial charge in [0.1, 0.15) is 6.61 Å². The van der Waals surface area contributed by atoms with Gasteiger partial charge in [-0.2, -0.15) is 13.2 Å². The van der Waals surface area contributed by atoms with Gasteiger partial charge in [-0.3, -0.25) is 4.79 Å². The number of halogens is 3. The third kappa shape index (κ3) is 10.6. The predicted octanol–water partition coefficient (Wildman–Crippen LogP) is 1.38. The molecule has 1 N–H and O–H groups in total. The summed E-state index contributed by atoms with van der Waals surface area (Å²) < 4.78 is 39.0. The van der Waals surface area contributed by atoms with Crippen LogP contribution >= 0.6 is 0 Å². The van der Waals surface area contributed by atoms with Crippen molar-refractivity contribution in [2.45, 2.75) is 12.6 Å². The normalized spacial score (nSPS) is 10.7. The van der Waals surface area contributed by atoms with Crippen molar-refractivity contribution in [1.82, 2.24) is 5.32 Å². The number of hydrogen-bond acceptors (Lipinski definition) is 3. The van der Waals surface area contributed by atoms with Crippen LogP contribution in [0.25, 0.3) is 10.4 Å². The van der Waals surface area contributed by atoms with Crippen LogP contribution in [0.3, 0.4) is 0 Å². The molecular formula is C7H11F3N4O2. The molecular weight excluding hydrogens is 229 g/mol. The van der Waals surface area contributed by atoms with Crippen molar-refractivity contribution in [3.05, 3.63) is 10.4 Å². The number of azide groups is 1. The fraction of sp³-hybridized carbons (Fsp3) is 0.857. The van der Waals surface area contributed by atoms with Gasteiger partial charge < -0.3 is 10.1 Å². The monoisotopic (exact) mass is 240 g/mol. The molecule has 0 aliphatic rings. The molecule has 6 nitrogen and oxygen atoms in total. The van der Waals surface area contributed by atoms with Crippen LogP contribution < -0.4 is 5.32 Å². The number of ether oxygens (including phenoxy) is 1. The first-order chi connectivity index (χ1) is 7.45. The summed E-state index contributed by atoms with van der Waals surface area (Å²) in [6, 6.07) is 0. The molecule has 1 amide bonds. The summed E-state index contributed by atoms with van der Waals surface area (Å²) in [6.07, 6.45) is -4.54. The molecule has 92 valence electrons. The van der Waals surface area contributed by atoms with Crippen LogP contribution in [0.4, 0.5) is 13.2 Å². The number of nitrogens with zero attached hydrogens (tertiary/aromatic N) is 3. The Hall–Kier alpha value is -1.47. The minimum Gasteiger partial charge on any atom is -0.372 e. The average Bonchev–Trinajstić information content (AvgIpc) is 2.18. The minimum absolute atomic E-state index is 0.103. The number of hydrogen-bond donors (Lipinski definition) is 1. The first-order valence-corrected chi connectivity index (χ1v) is 4.38. The van der Waals surface area contributed by atoms with E-state index >= 15 is 0 Å². The topological polar surface area (TPSA) is 87.1 Å². The van der Waals surface area contributed by atoms with Gasteiger partial charge in [-0.1, -0.05) is 5.11 Å². The van der Waals surface area contributed by atoms with E-state index in [4.69, 9.17) is 5.53 Å². The lowest BCUT2D eigenvalue weighted by molar-refractivity contribution is -0.174. The number of nitrogens with one attached hydrogen (secondary N) is 1. The Kier molecular flexibility index (Phi) is 7.06. The third-order valence-corrected chi connectivity index (χ3v) is 1.34. The lowest BCUT2D eigenvalue weighted by Crippen LogP contribution is -2.27. The molecule has 9 heteroatoms. The van der Waals surface area contributed by atoms with E-state index in [1.165, 1.54) is 0 Å². The van der Waals surface area contributed by atoms with E-state index in [0.29, 0.717) is 0 Å². The molecule has 0 rings (SSSR count). The highest BCUT2D eigenvalue weighted by atomic mass is 19.4. The van der Waals surface area contributed by atoms with Crippen molar-refractivity contribution in [2.24, 2.45) is 5.11 Å². The lowest BCUT2D eigenvalue weighted by atomic mass is 10.4. The zero-order valence-corrected chi connectivity index (χ0v) is 8.33. The molecule has 0 atom stereocenters. The molecule has 0 aliphatic carbocycles. The van der Waals surface area contributed by atoms with Crippen LogP contribution in [0, 0.1) is 0 Å². The van der Waals surface area contributed by atoms with E-state index in [1.807, 2.05) is 0 Å². The number of rotatable bonds is 7. The smallest absolute Gasteiger partial charge is 0.372 e. The Morgan fingerprint density at radius 1 is 1.50 bits per heavy atom. The maximum atomic E-state index is 11.6. The maximum Gasteiger partial charge on any atom is 0.411 e. The largest absolute Gasteiger partial charge is 0.411 e. The van der Waals surface area contributed by atoms with Crippen LogP contribution in [-0.2, 0) is 9.53 Å². The number of alkyl halides is 3.